The van der Waals surface area contributed by atoms with Gasteiger partial charge in [-0.2, -0.15) is 0 Å². The van der Waals surface area contributed by atoms with Crippen molar-refractivity contribution in [1.82, 2.24) is 9.97 Å². The summed E-state index contributed by atoms with van der Waals surface area (Å²) in [5, 5.41) is 9.40. The number of aromatic nitrogens is 2. The number of carboxylic acids is 1. The lowest BCUT2D eigenvalue weighted by Crippen LogP contribution is -2.13. The molecule has 0 bridgehead atoms. The molecule has 0 spiro atoms. The van der Waals surface area contributed by atoms with Crippen molar-refractivity contribution in [1.29, 1.82) is 0 Å². The molecule has 2 aromatic rings. The zero-order chi connectivity index (χ0) is 14.8. The molecule has 2 aromatic heterocycles. The smallest absolute Gasteiger partial charge is 0.303 e. The van der Waals surface area contributed by atoms with Crippen molar-refractivity contribution in [2.45, 2.75) is 51.4 Å². The zero-order valence-electron chi connectivity index (χ0n) is 11.8. The Bertz CT molecular complexity index is 732. The maximum absolute atomic E-state index is 12.3. The van der Waals surface area contributed by atoms with E-state index >= 15 is 0 Å². The molecule has 0 saturated heterocycles. The van der Waals surface area contributed by atoms with Gasteiger partial charge in [-0.3, -0.25) is 9.59 Å². The zero-order valence-corrected chi connectivity index (χ0v) is 12.6. The molecule has 112 valence electrons. The largest absolute Gasteiger partial charge is 0.481 e. The Morgan fingerprint density at radius 1 is 1.29 bits per heavy atom. The number of nitrogens with one attached hydrogen (secondary N) is 1. The van der Waals surface area contributed by atoms with Crippen molar-refractivity contribution in [2.24, 2.45) is 0 Å². The number of unbranched alkanes of at least 4 members (excludes halogenated alkanes) is 1. The number of nitrogens with zero attached hydrogens (tertiary/aromatic N) is 1. The van der Waals surface area contributed by atoms with Gasteiger partial charge in [-0.05, 0) is 44.1 Å². The third kappa shape index (κ3) is 3.00. The first-order chi connectivity index (χ1) is 10.1. The third-order valence-electron chi connectivity index (χ3n) is 3.93. The molecular weight excluding hydrogens is 288 g/mol. The summed E-state index contributed by atoms with van der Waals surface area (Å²) in [6, 6.07) is 0. The highest BCUT2D eigenvalue weighted by Crippen LogP contribution is 2.33. The van der Waals surface area contributed by atoms with Crippen LogP contribution in [-0.2, 0) is 24.1 Å². The van der Waals surface area contributed by atoms with Crippen LogP contribution in [0.15, 0.2) is 4.79 Å². The number of carbonyl (C=O) groups is 1. The molecule has 3 rings (SSSR count). The number of aryl methyl sites for hydroxylation is 3. The van der Waals surface area contributed by atoms with Gasteiger partial charge in [0.15, 0.2) is 0 Å². The van der Waals surface area contributed by atoms with Crippen LogP contribution < -0.4 is 5.56 Å². The van der Waals surface area contributed by atoms with Crippen LogP contribution in [0.2, 0.25) is 0 Å². The summed E-state index contributed by atoms with van der Waals surface area (Å²) in [7, 11) is 0. The number of fused-ring (bicyclic) bond motifs is 3. The summed E-state index contributed by atoms with van der Waals surface area (Å²) in [6.45, 7) is 0. The second kappa shape index (κ2) is 5.97. The third-order valence-corrected chi connectivity index (χ3v) is 5.11. The minimum Gasteiger partial charge on any atom is -0.481 e. The summed E-state index contributed by atoms with van der Waals surface area (Å²) >= 11 is 1.65. The summed E-state index contributed by atoms with van der Waals surface area (Å²) in [6.07, 6.45) is 6.52. The summed E-state index contributed by atoms with van der Waals surface area (Å²) in [5.41, 5.74) is 1.17. The van der Waals surface area contributed by atoms with E-state index in [0.29, 0.717) is 18.7 Å². The van der Waals surface area contributed by atoms with Gasteiger partial charge in [0.25, 0.3) is 5.56 Å². The summed E-state index contributed by atoms with van der Waals surface area (Å²) in [4.78, 5) is 32.4. The number of rotatable bonds is 5. The van der Waals surface area contributed by atoms with Crippen molar-refractivity contribution in [3.63, 3.8) is 0 Å². The molecule has 1 aliphatic rings. The van der Waals surface area contributed by atoms with E-state index in [2.05, 4.69) is 9.97 Å². The second-order valence-corrected chi connectivity index (χ2v) is 6.59. The van der Waals surface area contributed by atoms with Gasteiger partial charge in [-0.25, -0.2) is 4.98 Å². The van der Waals surface area contributed by atoms with Crippen LogP contribution in [0, 0.1) is 0 Å². The molecule has 0 radical (unpaired) electrons. The average molecular weight is 306 g/mol. The van der Waals surface area contributed by atoms with E-state index in [9.17, 15) is 9.59 Å². The van der Waals surface area contributed by atoms with Gasteiger partial charge in [-0.15, -0.1) is 11.3 Å². The molecular formula is C15H18N2O3S. The SMILES string of the molecule is O=C(O)CCCCc1nc2sc3c(c2c(=O)[nH]1)CCCC3. The highest BCUT2D eigenvalue weighted by atomic mass is 32.1. The van der Waals surface area contributed by atoms with Gasteiger partial charge in [0.05, 0.1) is 5.39 Å². The van der Waals surface area contributed by atoms with Crippen LogP contribution in [0.25, 0.3) is 10.2 Å². The van der Waals surface area contributed by atoms with Gasteiger partial charge in [-0.1, -0.05) is 0 Å². The molecule has 5 nitrogen and oxygen atoms in total. The number of aliphatic carboxylic acids is 1. The van der Waals surface area contributed by atoms with Crippen LogP contribution >= 0.6 is 11.3 Å². The molecule has 0 saturated carbocycles. The van der Waals surface area contributed by atoms with Crippen LogP contribution in [-0.4, -0.2) is 21.0 Å². The number of thiophene rings is 1. The number of hydrogen-bond donors (Lipinski definition) is 2. The molecule has 0 fully saturated rings. The molecule has 6 heteroatoms. The van der Waals surface area contributed by atoms with Gasteiger partial charge in [0.1, 0.15) is 10.7 Å². The Morgan fingerprint density at radius 2 is 2.10 bits per heavy atom. The van der Waals surface area contributed by atoms with Gasteiger partial charge < -0.3 is 10.1 Å². The predicted molar refractivity (Wildman–Crippen MR) is 82.1 cm³/mol. The number of hydrogen-bond acceptors (Lipinski definition) is 4. The average Bonchev–Trinajstić information content (AvgIpc) is 2.82. The highest BCUT2D eigenvalue weighted by Gasteiger charge is 2.19. The van der Waals surface area contributed by atoms with E-state index in [1.807, 2.05) is 0 Å². The maximum atomic E-state index is 12.3. The van der Waals surface area contributed by atoms with E-state index < -0.39 is 5.97 Å². The lowest BCUT2D eigenvalue weighted by atomic mass is 9.97. The Hall–Kier alpha value is -1.69. The fraction of sp³-hybridized carbons (Fsp3) is 0.533. The van der Waals surface area contributed by atoms with Gasteiger partial charge in [0.2, 0.25) is 0 Å². The molecule has 0 atom stereocenters. The quantitative estimate of drug-likeness (QED) is 0.832. The van der Waals surface area contributed by atoms with Crippen LogP contribution in [0.3, 0.4) is 0 Å². The molecule has 2 heterocycles. The van der Waals surface area contributed by atoms with Gasteiger partial charge in [0, 0.05) is 17.7 Å². The van der Waals surface area contributed by atoms with E-state index in [-0.39, 0.29) is 12.0 Å². The molecule has 2 N–H and O–H groups in total. The molecule has 21 heavy (non-hydrogen) atoms. The Kier molecular flexibility index (Phi) is 4.05. The molecule has 0 aliphatic heterocycles. The van der Waals surface area contributed by atoms with Crippen LogP contribution in [0.4, 0.5) is 0 Å². The normalized spacial score (nSPS) is 14.3. The Labute approximate surface area is 126 Å². The monoisotopic (exact) mass is 306 g/mol. The lowest BCUT2D eigenvalue weighted by molar-refractivity contribution is -0.137. The van der Waals surface area contributed by atoms with E-state index in [1.54, 1.807) is 11.3 Å². The first kappa shape index (κ1) is 14.3. The Balaban J connectivity index is 1.82. The summed E-state index contributed by atoms with van der Waals surface area (Å²) < 4.78 is 0. The number of carboxylic acid groups (broad SMARTS) is 1. The minimum absolute atomic E-state index is 0.0346. The molecule has 0 unspecified atom stereocenters. The molecule has 1 aliphatic carbocycles. The number of H-pyrrole nitrogens is 1. The predicted octanol–water partition coefficient (Wildman–Crippen LogP) is 2.66. The number of aromatic amines is 1. The summed E-state index contributed by atoms with van der Waals surface area (Å²) in [5.74, 6) is -0.102. The van der Waals surface area contributed by atoms with Crippen LogP contribution in [0.1, 0.15) is 48.4 Å². The van der Waals surface area contributed by atoms with Crippen molar-refractivity contribution >= 4 is 27.5 Å². The first-order valence-corrected chi connectivity index (χ1v) is 8.22. The highest BCUT2D eigenvalue weighted by molar-refractivity contribution is 7.18. The van der Waals surface area contributed by atoms with Crippen molar-refractivity contribution in [2.75, 3.05) is 0 Å². The van der Waals surface area contributed by atoms with Gasteiger partial charge >= 0.3 is 5.97 Å². The lowest BCUT2D eigenvalue weighted by Gasteiger charge is -2.09. The maximum Gasteiger partial charge on any atom is 0.303 e. The first-order valence-electron chi connectivity index (χ1n) is 7.40. The van der Waals surface area contributed by atoms with Crippen molar-refractivity contribution < 1.29 is 9.90 Å². The van der Waals surface area contributed by atoms with Crippen LogP contribution in [0.5, 0.6) is 0 Å². The fourth-order valence-corrected chi connectivity index (χ4v) is 4.18. The minimum atomic E-state index is -0.780. The van der Waals surface area contributed by atoms with E-state index in [0.717, 1.165) is 35.9 Å². The standard InChI is InChI=1S/C15H18N2O3S/c18-12(19)8-4-3-7-11-16-14(20)13-9-5-1-2-6-10(9)21-15(13)17-11/h1-8H2,(H,18,19)(H,16,17,20). The van der Waals surface area contributed by atoms with Crippen molar-refractivity contribution in [3.8, 4) is 0 Å². The molecule has 0 amide bonds. The molecule has 0 aromatic carbocycles. The topological polar surface area (TPSA) is 83.0 Å². The van der Waals surface area contributed by atoms with Crippen molar-refractivity contribution in [3.05, 3.63) is 26.6 Å². The Morgan fingerprint density at radius 3 is 2.90 bits per heavy atom. The van der Waals surface area contributed by atoms with E-state index in [4.69, 9.17) is 5.11 Å². The van der Waals surface area contributed by atoms with E-state index in [1.165, 1.54) is 16.9 Å². The fourth-order valence-electron chi connectivity index (χ4n) is 2.90. The second-order valence-electron chi connectivity index (χ2n) is 5.50.